The summed E-state index contributed by atoms with van der Waals surface area (Å²) in [5, 5.41) is 7.73. The van der Waals surface area contributed by atoms with Gasteiger partial charge < -0.3 is 4.74 Å². The lowest BCUT2D eigenvalue weighted by Crippen LogP contribution is -2.25. The highest BCUT2D eigenvalue weighted by atomic mass is 16.5. The molecule has 2 aromatic rings. The summed E-state index contributed by atoms with van der Waals surface area (Å²) in [6.07, 6.45) is 1.60. The number of aromatic amines is 2. The maximum absolute atomic E-state index is 11.5. The Balaban J connectivity index is 2.17. The fourth-order valence-electron chi connectivity index (χ4n) is 2.05. The minimum absolute atomic E-state index is 0.117. The minimum atomic E-state index is -0.543. The van der Waals surface area contributed by atoms with Crippen LogP contribution < -0.4 is 11.2 Å². The summed E-state index contributed by atoms with van der Waals surface area (Å²) in [6, 6.07) is 0.117. The van der Waals surface area contributed by atoms with E-state index >= 15 is 0 Å². The van der Waals surface area contributed by atoms with Crippen molar-refractivity contribution in [1.29, 1.82) is 0 Å². The Morgan fingerprint density at radius 1 is 1.24 bits per heavy atom. The van der Waals surface area contributed by atoms with Crippen LogP contribution in [0.15, 0.2) is 9.59 Å². The van der Waals surface area contributed by atoms with Crippen LogP contribution in [-0.4, -0.2) is 38.2 Å². The third-order valence-electron chi connectivity index (χ3n) is 2.91. The molecule has 2 aromatic heterocycles. The predicted molar refractivity (Wildman–Crippen MR) is 57.9 cm³/mol. The molecule has 2 N–H and O–H groups in total. The molecule has 3 heterocycles. The number of rotatable bonds is 1. The predicted octanol–water partition coefficient (Wildman–Crippen LogP) is -0.841. The molecule has 0 bridgehead atoms. The number of hydrogen-bond donors (Lipinski definition) is 2. The van der Waals surface area contributed by atoms with E-state index in [1.165, 1.54) is 0 Å². The Hall–Kier alpha value is -1.96. The van der Waals surface area contributed by atoms with E-state index in [-0.39, 0.29) is 11.6 Å². The van der Waals surface area contributed by atoms with Gasteiger partial charge in [0.2, 0.25) is 0 Å². The molecular weight excluding hydrogens is 226 g/mol. The van der Waals surface area contributed by atoms with Gasteiger partial charge >= 0.3 is 5.69 Å². The van der Waals surface area contributed by atoms with E-state index in [0.717, 1.165) is 12.8 Å². The van der Waals surface area contributed by atoms with Crippen molar-refractivity contribution in [2.45, 2.75) is 18.9 Å². The van der Waals surface area contributed by atoms with Crippen LogP contribution in [0.2, 0.25) is 0 Å². The maximum Gasteiger partial charge on any atom is 0.327 e. The van der Waals surface area contributed by atoms with Gasteiger partial charge in [0.15, 0.2) is 11.2 Å². The fourth-order valence-corrected chi connectivity index (χ4v) is 2.05. The SMILES string of the molecule is O=c1[nH]c(=O)c2nnn(C3CCOCC3)c2[nH]1. The summed E-state index contributed by atoms with van der Waals surface area (Å²) < 4.78 is 6.86. The molecule has 0 radical (unpaired) electrons. The van der Waals surface area contributed by atoms with Gasteiger partial charge in [0.05, 0.1) is 6.04 Å². The first-order valence-electron chi connectivity index (χ1n) is 5.41. The number of nitrogens with zero attached hydrogens (tertiary/aromatic N) is 3. The van der Waals surface area contributed by atoms with Gasteiger partial charge in [0, 0.05) is 13.2 Å². The van der Waals surface area contributed by atoms with E-state index in [0.29, 0.717) is 18.9 Å². The fraction of sp³-hybridized carbons (Fsp3) is 0.556. The van der Waals surface area contributed by atoms with Crippen molar-refractivity contribution in [1.82, 2.24) is 25.0 Å². The van der Waals surface area contributed by atoms with E-state index < -0.39 is 11.2 Å². The average molecular weight is 237 g/mol. The van der Waals surface area contributed by atoms with Crippen LogP contribution in [0.1, 0.15) is 18.9 Å². The molecule has 17 heavy (non-hydrogen) atoms. The molecule has 90 valence electrons. The van der Waals surface area contributed by atoms with Crippen molar-refractivity contribution in [2.24, 2.45) is 0 Å². The second-order valence-corrected chi connectivity index (χ2v) is 3.98. The zero-order chi connectivity index (χ0) is 11.8. The Morgan fingerprint density at radius 2 is 2.00 bits per heavy atom. The summed E-state index contributed by atoms with van der Waals surface area (Å²) in [7, 11) is 0. The van der Waals surface area contributed by atoms with E-state index in [4.69, 9.17) is 4.74 Å². The molecule has 0 aliphatic carbocycles. The Morgan fingerprint density at radius 3 is 2.76 bits per heavy atom. The molecule has 0 spiro atoms. The molecule has 1 fully saturated rings. The van der Waals surface area contributed by atoms with Crippen molar-refractivity contribution >= 4 is 11.2 Å². The Bertz CT molecular complexity index is 648. The van der Waals surface area contributed by atoms with Crippen LogP contribution in [0.4, 0.5) is 0 Å². The van der Waals surface area contributed by atoms with Crippen LogP contribution >= 0.6 is 0 Å². The van der Waals surface area contributed by atoms with Crippen molar-refractivity contribution in [2.75, 3.05) is 13.2 Å². The van der Waals surface area contributed by atoms with Gasteiger partial charge in [-0.1, -0.05) is 5.21 Å². The van der Waals surface area contributed by atoms with Crippen LogP contribution in [0.3, 0.4) is 0 Å². The first kappa shape index (κ1) is 10.2. The van der Waals surface area contributed by atoms with Crippen LogP contribution in [0, 0.1) is 0 Å². The summed E-state index contributed by atoms with van der Waals surface area (Å²) >= 11 is 0. The van der Waals surface area contributed by atoms with E-state index in [1.54, 1.807) is 4.68 Å². The van der Waals surface area contributed by atoms with Crippen molar-refractivity contribution in [3.05, 3.63) is 20.8 Å². The zero-order valence-corrected chi connectivity index (χ0v) is 8.97. The third kappa shape index (κ3) is 1.66. The molecule has 1 saturated heterocycles. The largest absolute Gasteiger partial charge is 0.381 e. The maximum atomic E-state index is 11.5. The highest BCUT2D eigenvalue weighted by Gasteiger charge is 2.20. The summed E-state index contributed by atoms with van der Waals surface area (Å²) in [5.41, 5.74) is -0.512. The molecule has 8 heteroatoms. The van der Waals surface area contributed by atoms with E-state index in [2.05, 4.69) is 20.3 Å². The lowest BCUT2D eigenvalue weighted by Gasteiger charge is -2.21. The quantitative estimate of drug-likeness (QED) is 0.672. The first-order valence-corrected chi connectivity index (χ1v) is 5.41. The van der Waals surface area contributed by atoms with Gasteiger partial charge in [-0.25, -0.2) is 9.48 Å². The topological polar surface area (TPSA) is 106 Å². The van der Waals surface area contributed by atoms with Gasteiger partial charge in [0.1, 0.15) is 0 Å². The molecule has 1 aliphatic heterocycles. The first-order chi connectivity index (χ1) is 8.25. The average Bonchev–Trinajstić information content (AvgIpc) is 2.74. The van der Waals surface area contributed by atoms with Crippen LogP contribution in [0.25, 0.3) is 11.2 Å². The molecule has 3 rings (SSSR count). The van der Waals surface area contributed by atoms with Gasteiger partial charge in [-0.05, 0) is 12.8 Å². The van der Waals surface area contributed by atoms with Gasteiger partial charge in [-0.3, -0.25) is 14.8 Å². The number of aromatic nitrogens is 5. The van der Waals surface area contributed by atoms with Crippen molar-refractivity contribution < 1.29 is 4.74 Å². The highest BCUT2D eigenvalue weighted by molar-refractivity contribution is 5.67. The second-order valence-electron chi connectivity index (χ2n) is 3.98. The monoisotopic (exact) mass is 237 g/mol. The molecule has 1 aliphatic rings. The molecule has 0 amide bonds. The Labute approximate surface area is 94.6 Å². The van der Waals surface area contributed by atoms with E-state index in [9.17, 15) is 9.59 Å². The Kier molecular flexibility index (Phi) is 2.29. The molecule has 8 nitrogen and oxygen atoms in total. The van der Waals surface area contributed by atoms with Crippen LogP contribution in [-0.2, 0) is 4.74 Å². The van der Waals surface area contributed by atoms with Gasteiger partial charge in [-0.2, -0.15) is 0 Å². The number of ether oxygens (including phenoxy) is 1. The number of fused-ring (bicyclic) bond motifs is 1. The van der Waals surface area contributed by atoms with Crippen LogP contribution in [0.5, 0.6) is 0 Å². The van der Waals surface area contributed by atoms with Crippen molar-refractivity contribution in [3.63, 3.8) is 0 Å². The summed E-state index contributed by atoms with van der Waals surface area (Å²) in [4.78, 5) is 27.4. The molecule has 0 unspecified atom stereocenters. The van der Waals surface area contributed by atoms with Gasteiger partial charge in [0.25, 0.3) is 5.56 Å². The molecule has 0 aromatic carbocycles. The highest BCUT2D eigenvalue weighted by Crippen LogP contribution is 2.21. The van der Waals surface area contributed by atoms with Gasteiger partial charge in [-0.15, -0.1) is 5.10 Å². The summed E-state index contributed by atoms with van der Waals surface area (Å²) in [5.74, 6) is 0. The standard InChI is InChI=1S/C9H11N5O3/c15-8-6-7(10-9(16)11-8)14(13-12-6)5-1-3-17-4-2-5/h5H,1-4H2,(H2,10,11,15,16). The lowest BCUT2D eigenvalue weighted by molar-refractivity contribution is 0.0667. The molecule has 0 atom stereocenters. The van der Waals surface area contributed by atoms with Crippen molar-refractivity contribution in [3.8, 4) is 0 Å². The molecular formula is C9H11N5O3. The van der Waals surface area contributed by atoms with E-state index in [1.807, 2.05) is 0 Å². The normalized spacial score (nSPS) is 17.6. The smallest absolute Gasteiger partial charge is 0.327 e. The minimum Gasteiger partial charge on any atom is -0.381 e. The second kappa shape index (κ2) is 3.81. The third-order valence-corrected chi connectivity index (χ3v) is 2.91. The number of nitrogens with one attached hydrogen (secondary N) is 2. The number of hydrogen-bond acceptors (Lipinski definition) is 5. The lowest BCUT2D eigenvalue weighted by atomic mass is 10.1. The summed E-state index contributed by atoms with van der Waals surface area (Å²) in [6.45, 7) is 1.30. The molecule has 0 saturated carbocycles. The number of H-pyrrole nitrogens is 2. The zero-order valence-electron chi connectivity index (χ0n) is 8.97.